The Kier molecular flexibility index (Phi) is 2.48. The molecule has 0 unspecified atom stereocenters. The van der Waals surface area contributed by atoms with Crippen molar-refractivity contribution < 1.29 is 0 Å². The van der Waals surface area contributed by atoms with Gasteiger partial charge in [0.25, 0.3) is 0 Å². The molecule has 0 amide bonds. The second-order valence-electron chi connectivity index (χ2n) is 4.83. The average molecular weight is 220 g/mol. The number of imidazole rings is 1. The maximum Gasteiger partial charge on any atom is 0.0952 e. The molecule has 3 heterocycles. The Hall–Kier alpha value is -0.870. The van der Waals surface area contributed by atoms with Crippen molar-refractivity contribution in [2.75, 3.05) is 19.6 Å². The van der Waals surface area contributed by atoms with E-state index in [4.69, 9.17) is 0 Å². The van der Waals surface area contributed by atoms with Crippen LogP contribution in [0.15, 0.2) is 6.33 Å². The van der Waals surface area contributed by atoms with E-state index in [2.05, 4.69) is 27.1 Å². The molecule has 0 bridgehead atoms. The van der Waals surface area contributed by atoms with E-state index in [0.29, 0.717) is 0 Å². The second kappa shape index (κ2) is 3.86. The molecular formula is C12H20N4. The van der Waals surface area contributed by atoms with Crippen molar-refractivity contribution in [1.82, 2.24) is 20.2 Å². The molecule has 1 spiro atoms. The summed E-state index contributed by atoms with van der Waals surface area (Å²) in [5.41, 5.74) is 2.98. The molecule has 4 nitrogen and oxygen atoms in total. The van der Waals surface area contributed by atoms with E-state index in [1.165, 1.54) is 24.2 Å². The summed E-state index contributed by atoms with van der Waals surface area (Å²) in [7, 11) is 0. The number of piperidine rings is 1. The number of rotatable bonds is 1. The van der Waals surface area contributed by atoms with Gasteiger partial charge >= 0.3 is 0 Å². The van der Waals surface area contributed by atoms with Gasteiger partial charge in [-0.05, 0) is 32.9 Å². The molecule has 0 atom stereocenters. The Bertz CT molecular complexity index is 363. The highest BCUT2D eigenvalue weighted by atomic mass is 15.1. The molecular weight excluding hydrogens is 200 g/mol. The van der Waals surface area contributed by atoms with Gasteiger partial charge in [0.2, 0.25) is 0 Å². The highest BCUT2D eigenvalue weighted by Gasteiger charge is 2.40. The zero-order valence-corrected chi connectivity index (χ0v) is 9.92. The zero-order valence-electron chi connectivity index (χ0n) is 9.92. The first-order valence-electron chi connectivity index (χ1n) is 6.36. The lowest BCUT2D eigenvalue weighted by atomic mass is 9.81. The van der Waals surface area contributed by atoms with E-state index in [-0.39, 0.29) is 5.54 Å². The summed E-state index contributed by atoms with van der Waals surface area (Å²) in [6.45, 7) is 6.53. The molecule has 1 saturated heterocycles. The van der Waals surface area contributed by atoms with E-state index < -0.39 is 0 Å². The first kappa shape index (κ1) is 10.3. The van der Waals surface area contributed by atoms with Crippen molar-refractivity contribution in [2.24, 2.45) is 0 Å². The number of nitrogens with one attached hydrogen (secondary N) is 2. The summed E-state index contributed by atoms with van der Waals surface area (Å²) in [4.78, 5) is 4.58. The topological polar surface area (TPSA) is 41.9 Å². The van der Waals surface area contributed by atoms with E-state index in [1.54, 1.807) is 0 Å². The third-order valence-electron chi connectivity index (χ3n) is 3.99. The Balaban J connectivity index is 2.06. The van der Waals surface area contributed by atoms with E-state index >= 15 is 0 Å². The molecule has 1 fully saturated rings. The molecule has 0 aliphatic carbocycles. The standard InChI is InChI=1S/C12H20N4/c1-2-16-9-14-10-3-6-15-12(11(10)16)4-7-13-8-5-12/h9,13,15H,2-8H2,1H3. The molecule has 1 aromatic heterocycles. The van der Waals surface area contributed by atoms with Gasteiger partial charge in [0.15, 0.2) is 0 Å². The Labute approximate surface area is 96.4 Å². The highest BCUT2D eigenvalue weighted by Crippen LogP contribution is 2.35. The van der Waals surface area contributed by atoms with Crippen LogP contribution in [0.5, 0.6) is 0 Å². The summed E-state index contributed by atoms with van der Waals surface area (Å²) < 4.78 is 2.33. The molecule has 0 aromatic carbocycles. The number of nitrogens with zero attached hydrogens (tertiary/aromatic N) is 2. The van der Waals surface area contributed by atoms with Gasteiger partial charge in [-0.2, -0.15) is 0 Å². The van der Waals surface area contributed by atoms with E-state index in [1.807, 2.05) is 6.33 Å². The summed E-state index contributed by atoms with van der Waals surface area (Å²) in [6.07, 6.45) is 5.47. The molecule has 16 heavy (non-hydrogen) atoms. The lowest BCUT2D eigenvalue weighted by molar-refractivity contribution is 0.220. The van der Waals surface area contributed by atoms with Crippen LogP contribution in [0, 0.1) is 0 Å². The maximum atomic E-state index is 4.58. The monoisotopic (exact) mass is 220 g/mol. The average Bonchev–Trinajstić information content (AvgIpc) is 2.75. The van der Waals surface area contributed by atoms with Gasteiger partial charge in [0, 0.05) is 19.5 Å². The third kappa shape index (κ3) is 1.40. The summed E-state index contributed by atoms with van der Waals surface area (Å²) in [6, 6.07) is 0. The van der Waals surface area contributed by atoms with Gasteiger partial charge in [-0.15, -0.1) is 0 Å². The normalized spacial score (nSPS) is 23.3. The van der Waals surface area contributed by atoms with Crippen LogP contribution >= 0.6 is 0 Å². The van der Waals surface area contributed by atoms with Crippen molar-refractivity contribution in [1.29, 1.82) is 0 Å². The SMILES string of the molecule is CCn1cnc2c1C1(CCNCC1)NCC2. The fraction of sp³-hybridized carbons (Fsp3) is 0.750. The predicted octanol–water partition coefficient (Wildman–Crippen LogP) is 0.627. The molecule has 3 rings (SSSR count). The molecule has 1 aromatic rings. The van der Waals surface area contributed by atoms with Crippen LogP contribution in [0.1, 0.15) is 31.2 Å². The van der Waals surface area contributed by atoms with Gasteiger partial charge in [-0.1, -0.05) is 0 Å². The summed E-state index contributed by atoms with van der Waals surface area (Å²) >= 11 is 0. The minimum Gasteiger partial charge on any atom is -0.333 e. The summed E-state index contributed by atoms with van der Waals surface area (Å²) in [5, 5.41) is 7.20. The fourth-order valence-corrected chi connectivity index (χ4v) is 3.17. The van der Waals surface area contributed by atoms with Crippen LogP contribution in [0.4, 0.5) is 0 Å². The van der Waals surface area contributed by atoms with Gasteiger partial charge in [-0.25, -0.2) is 4.98 Å². The number of fused-ring (bicyclic) bond motifs is 2. The molecule has 0 saturated carbocycles. The van der Waals surface area contributed by atoms with E-state index in [0.717, 1.165) is 32.6 Å². The largest absolute Gasteiger partial charge is 0.333 e. The lowest BCUT2D eigenvalue weighted by Crippen LogP contribution is -2.54. The van der Waals surface area contributed by atoms with Crippen molar-refractivity contribution in [3.63, 3.8) is 0 Å². The van der Waals surface area contributed by atoms with Crippen LogP contribution in [-0.4, -0.2) is 29.2 Å². The Morgan fingerprint density at radius 3 is 2.94 bits per heavy atom. The molecule has 2 aliphatic heterocycles. The minimum absolute atomic E-state index is 0.200. The van der Waals surface area contributed by atoms with Gasteiger partial charge < -0.3 is 15.2 Å². The summed E-state index contributed by atoms with van der Waals surface area (Å²) in [5.74, 6) is 0. The van der Waals surface area contributed by atoms with E-state index in [9.17, 15) is 0 Å². The van der Waals surface area contributed by atoms with Crippen LogP contribution in [0.25, 0.3) is 0 Å². The zero-order chi connectivity index (χ0) is 11.0. The Morgan fingerprint density at radius 1 is 1.38 bits per heavy atom. The second-order valence-corrected chi connectivity index (χ2v) is 4.83. The smallest absolute Gasteiger partial charge is 0.0952 e. The third-order valence-corrected chi connectivity index (χ3v) is 3.99. The molecule has 0 radical (unpaired) electrons. The van der Waals surface area contributed by atoms with Gasteiger partial charge in [-0.3, -0.25) is 0 Å². The molecule has 88 valence electrons. The van der Waals surface area contributed by atoms with Crippen LogP contribution in [-0.2, 0) is 18.5 Å². The highest BCUT2D eigenvalue weighted by molar-refractivity contribution is 5.27. The Morgan fingerprint density at radius 2 is 2.19 bits per heavy atom. The van der Waals surface area contributed by atoms with Crippen LogP contribution in [0.2, 0.25) is 0 Å². The molecule has 2 N–H and O–H groups in total. The number of hydrogen-bond acceptors (Lipinski definition) is 3. The fourth-order valence-electron chi connectivity index (χ4n) is 3.17. The van der Waals surface area contributed by atoms with Crippen molar-refractivity contribution in [3.05, 3.63) is 17.7 Å². The first-order chi connectivity index (χ1) is 7.86. The number of aromatic nitrogens is 2. The van der Waals surface area contributed by atoms with Crippen molar-refractivity contribution in [2.45, 2.75) is 38.3 Å². The molecule has 4 heteroatoms. The van der Waals surface area contributed by atoms with Gasteiger partial charge in [0.1, 0.15) is 0 Å². The van der Waals surface area contributed by atoms with Crippen molar-refractivity contribution in [3.8, 4) is 0 Å². The lowest BCUT2D eigenvalue weighted by Gasteiger charge is -2.42. The minimum atomic E-state index is 0.200. The quantitative estimate of drug-likeness (QED) is 0.729. The first-order valence-corrected chi connectivity index (χ1v) is 6.36. The maximum absolute atomic E-state index is 4.58. The van der Waals surface area contributed by atoms with Crippen LogP contribution < -0.4 is 10.6 Å². The van der Waals surface area contributed by atoms with Crippen molar-refractivity contribution >= 4 is 0 Å². The number of hydrogen-bond donors (Lipinski definition) is 2. The van der Waals surface area contributed by atoms with Crippen LogP contribution in [0.3, 0.4) is 0 Å². The predicted molar refractivity (Wildman–Crippen MR) is 63.4 cm³/mol. The van der Waals surface area contributed by atoms with Gasteiger partial charge in [0.05, 0.1) is 23.3 Å². The number of aryl methyl sites for hydroxylation is 1. The molecule has 2 aliphatic rings.